The van der Waals surface area contributed by atoms with Gasteiger partial charge in [-0.05, 0) is 207 Å². The van der Waals surface area contributed by atoms with E-state index in [0.717, 1.165) is 11.4 Å². The lowest BCUT2D eigenvalue weighted by Gasteiger charge is -2.24. The lowest BCUT2D eigenvalue weighted by atomic mass is 9.81. The maximum absolute atomic E-state index is 2.54. The van der Waals surface area contributed by atoms with Crippen LogP contribution in [0.3, 0.4) is 0 Å². The highest BCUT2D eigenvalue weighted by Crippen LogP contribution is 2.51. The predicted octanol–water partition coefficient (Wildman–Crippen LogP) is 21.6. The lowest BCUT2D eigenvalue weighted by molar-refractivity contribution is 0.590. The van der Waals surface area contributed by atoms with Crippen LogP contribution in [0.1, 0.15) is 116 Å². The van der Waals surface area contributed by atoms with Gasteiger partial charge < -0.3 is 9.13 Å². The standard InChI is InChI=1S/C76H72N2/c1-45-23-25-47-19-15-17-21-55(47)69(45)71-57-33-31-54(78-67-37-29-51(75(9,10)11)41-61(67)62-42-52(76(12,13)14)30-38-68(62)78)44-64(57)72(70-46(2)24-26-48-20-16-18-22-56(48)70)58-34-32-53(43-63(58)71)77-65-35-27-49(73(3,4)5)39-59(65)60-40-50(74(6,7)8)28-36-66(60)77/h15-44H,1-14H3. The highest BCUT2D eigenvalue weighted by Gasteiger charge is 2.27. The van der Waals surface area contributed by atoms with Crippen LogP contribution in [0.25, 0.3) is 120 Å². The van der Waals surface area contributed by atoms with Crippen molar-refractivity contribution in [3.8, 4) is 33.6 Å². The monoisotopic (exact) mass is 1010 g/mol. The molecule has 0 unspecified atom stereocenters. The molecule has 0 saturated carbocycles. The molecule has 0 saturated heterocycles. The number of benzene rings is 11. The maximum Gasteiger partial charge on any atom is 0.0541 e. The Bertz CT molecular complexity index is 4210. The van der Waals surface area contributed by atoms with Gasteiger partial charge in [-0.2, -0.15) is 0 Å². The van der Waals surface area contributed by atoms with Gasteiger partial charge in [-0.15, -0.1) is 0 Å². The molecule has 0 atom stereocenters. The van der Waals surface area contributed by atoms with E-state index in [-0.39, 0.29) is 21.7 Å². The summed E-state index contributed by atoms with van der Waals surface area (Å²) in [5.41, 5.74) is 20.2. The number of aromatic nitrogens is 2. The Hall–Kier alpha value is -7.94. The van der Waals surface area contributed by atoms with Crippen LogP contribution in [-0.4, -0.2) is 9.13 Å². The fraction of sp³-hybridized carbons (Fsp3) is 0.237. The number of hydrogen-bond donors (Lipinski definition) is 0. The van der Waals surface area contributed by atoms with Crippen molar-refractivity contribution < 1.29 is 0 Å². The van der Waals surface area contributed by atoms with Crippen LogP contribution in [0, 0.1) is 13.8 Å². The van der Waals surface area contributed by atoms with Crippen molar-refractivity contribution in [1.82, 2.24) is 9.13 Å². The van der Waals surface area contributed by atoms with Crippen molar-refractivity contribution in [1.29, 1.82) is 0 Å². The molecule has 0 bridgehead atoms. The summed E-state index contributed by atoms with van der Waals surface area (Å²) in [6.45, 7) is 32.5. The molecule has 386 valence electrons. The van der Waals surface area contributed by atoms with Crippen LogP contribution < -0.4 is 0 Å². The summed E-state index contributed by atoms with van der Waals surface area (Å²) in [5.74, 6) is 0. The van der Waals surface area contributed by atoms with Crippen LogP contribution in [0.4, 0.5) is 0 Å². The summed E-state index contributed by atoms with van der Waals surface area (Å²) in [4.78, 5) is 0. The van der Waals surface area contributed by atoms with Gasteiger partial charge in [0.2, 0.25) is 0 Å². The molecule has 0 radical (unpaired) electrons. The van der Waals surface area contributed by atoms with Crippen molar-refractivity contribution >= 4 is 86.7 Å². The van der Waals surface area contributed by atoms with Gasteiger partial charge in [0, 0.05) is 32.9 Å². The van der Waals surface area contributed by atoms with Gasteiger partial charge in [-0.1, -0.05) is 192 Å². The molecule has 0 aliphatic heterocycles. The third-order valence-electron chi connectivity index (χ3n) is 17.4. The van der Waals surface area contributed by atoms with E-state index in [4.69, 9.17) is 0 Å². The zero-order chi connectivity index (χ0) is 54.5. The van der Waals surface area contributed by atoms with Crippen LogP contribution >= 0.6 is 0 Å². The lowest BCUT2D eigenvalue weighted by Crippen LogP contribution is -2.10. The second kappa shape index (κ2) is 17.3. The molecule has 11 aromatic carbocycles. The van der Waals surface area contributed by atoms with Crippen molar-refractivity contribution in [3.05, 3.63) is 215 Å². The molecule has 0 spiro atoms. The highest BCUT2D eigenvalue weighted by molar-refractivity contribution is 6.27. The van der Waals surface area contributed by atoms with E-state index in [1.54, 1.807) is 0 Å². The van der Waals surface area contributed by atoms with Crippen LogP contribution in [0.5, 0.6) is 0 Å². The first kappa shape index (κ1) is 49.6. The largest absolute Gasteiger partial charge is 0.309 e. The number of hydrogen-bond acceptors (Lipinski definition) is 0. The van der Waals surface area contributed by atoms with Crippen molar-refractivity contribution in [2.75, 3.05) is 0 Å². The first-order chi connectivity index (χ1) is 37.0. The molecule has 0 aliphatic rings. The summed E-state index contributed by atoms with van der Waals surface area (Å²) in [6, 6.07) is 70.8. The third kappa shape index (κ3) is 7.80. The maximum atomic E-state index is 2.54. The minimum absolute atomic E-state index is 0.00259. The first-order valence-corrected chi connectivity index (χ1v) is 28.2. The van der Waals surface area contributed by atoms with Gasteiger partial charge in [-0.25, -0.2) is 0 Å². The fourth-order valence-corrected chi connectivity index (χ4v) is 12.9. The van der Waals surface area contributed by atoms with Crippen LogP contribution in [-0.2, 0) is 21.7 Å². The van der Waals surface area contributed by atoms with Gasteiger partial charge in [0.05, 0.1) is 22.1 Å². The highest BCUT2D eigenvalue weighted by atomic mass is 15.0. The summed E-state index contributed by atoms with van der Waals surface area (Å²) in [7, 11) is 0. The second-order valence-electron chi connectivity index (χ2n) is 26.8. The van der Waals surface area contributed by atoms with Gasteiger partial charge >= 0.3 is 0 Å². The van der Waals surface area contributed by atoms with Crippen molar-refractivity contribution in [2.24, 2.45) is 0 Å². The topological polar surface area (TPSA) is 9.86 Å². The number of nitrogens with zero attached hydrogens (tertiary/aromatic N) is 2. The molecular formula is C76H72N2. The Kier molecular flexibility index (Phi) is 11.0. The van der Waals surface area contributed by atoms with E-state index < -0.39 is 0 Å². The second-order valence-corrected chi connectivity index (χ2v) is 26.8. The van der Waals surface area contributed by atoms with Crippen LogP contribution in [0.15, 0.2) is 182 Å². The quantitative estimate of drug-likeness (QED) is 0.156. The van der Waals surface area contributed by atoms with Gasteiger partial charge in [-0.3, -0.25) is 0 Å². The summed E-state index contributed by atoms with van der Waals surface area (Å²) < 4.78 is 5.08. The van der Waals surface area contributed by atoms with E-state index in [1.165, 1.54) is 142 Å². The molecule has 78 heavy (non-hydrogen) atoms. The SMILES string of the molecule is Cc1ccc2ccccc2c1-c1c2ccc(-n3c4ccc(C(C)(C)C)cc4c4cc(C(C)(C)C)ccc43)cc2c(-c2c(C)ccc3ccccc23)c2ccc(-n3c4ccc(C(C)(C)C)cc4c4cc(C(C)(C)C)ccc43)cc12. The Morgan fingerprint density at radius 3 is 0.859 bits per heavy atom. The van der Waals surface area contributed by atoms with Gasteiger partial charge in [0.25, 0.3) is 0 Å². The van der Waals surface area contributed by atoms with E-state index in [1.807, 2.05) is 0 Å². The molecular weight excluding hydrogens is 941 g/mol. The Labute approximate surface area is 461 Å². The number of aryl methyl sites for hydroxylation is 2. The smallest absolute Gasteiger partial charge is 0.0541 e. The van der Waals surface area contributed by atoms with Gasteiger partial charge in [0.1, 0.15) is 0 Å². The Balaban J connectivity index is 1.20. The molecule has 0 aliphatic carbocycles. The van der Waals surface area contributed by atoms with E-state index in [0.29, 0.717) is 0 Å². The average Bonchev–Trinajstić information content (AvgIpc) is 3.94. The van der Waals surface area contributed by atoms with Gasteiger partial charge in [0.15, 0.2) is 0 Å². The third-order valence-corrected chi connectivity index (χ3v) is 17.4. The predicted molar refractivity (Wildman–Crippen MR) is 340 cm³/mol. The molecule has 0 N–H and O–H groups in total. The Morgan fingerprint density at radius 2 is 0.551 bits per heavy atom. The summed E-state index contributed by atoms with van der Waals surface area (Å²) >= 11 is 0. The number of fused-ring (bicyclic) bond motifs is 10. The first-order valence-electron chi connectivity index (χ1n) is 28.2. The average molecular weight is 1010 g/mol. The molecule has 2 heteroatoms. The van der Waals surface area contributed by atoms with E-state index in [9.17, 15) is 0 Å². The Morgan fingerprint density at radius 1 is 0.244 bits per heavy atom. The normalized spacial score (nSPS) is 13.0. The molecule has 2 heterocycles. The minimum atomic E-state index is 0.00259. The molecule has 0 amide bonds. The van der Waals surface area contributed by atoms with Crippen molar-refractivity contribution in [2.45, 2.75) is 119 Å². The zero-order valence-corrected chi connectivity index (χ0v) is 48.2. The zero-order valence-electron chi connectivity index (χ0n) is 48.2. The number of rotatable bonds is 4. The molecule has 13 aromatic rings. The molecule has 2 nitrogen and oxygen atoms in total. The summed E-state index contributed by atoms with van der Waals surface area (Å²) in [6.07, 6.45) is 0. The van der Waals surface area contributed by atoms with Crippen LogP contribution in [0.2, 0.25) is 0 Å². The molecule has 0 fully saturated rings. The minimum Gasteiger partial charge on any atom is -0.309 e. The van der Waals surface area contributed by atoms with E-state index in [2.05, 4.69) is 288 Å². The van der Waals surface area contributed by atoms with Crippen molar-refractivity contribution in [3.63, 3.8) is 0 Å². The van der Waals surface area contributed by atoms with E-state index >= 15 is 0 Å². The molecule has 13 rings (SSSR count). The fourth-order valence-electron chi connectivity index (χ4n) is 12.9. The molecule has 2 aromatic heterocycles. The summed E-state index contributed by atoms with van der Waals surface area (Å²) in [5, 5.41) is 15.1.